The largest absolute Gasteiger partial charge is 0.374 e. The van der Waals surface area contributed by atoms with E-state index in [-0.39, 0.29) is 43.2 Å². The number of amides is 3. The Labute approximate surface area is 170 Å². The fraction of sp³-hybridized carbons (Fsp3) is 0.348. The monoisotopic (exact) mass is 394 g/mol. The van der Waals surface area contributed by atoms with Crippen LogP contribution in [0.3, 0.4) is 0 Å². The molecule has 0 radical (unpaired) electrons. The summed E-state index contributed by atoms with van der Waals surface area (Å²) in [7, 11) is 0. The first-order chi connectivity index (χ1) is 13.9. The van der Waals surface area contributed by atoms with Gasteiger partial charge in [-0.3, -0.25) is 19.3 Å². The molecule has 6 nitrogen and oxygen atoms in total. The zero-order valence-electron chi connectivity index (χ0n) is 16.8. The predicted molar refractivity (Wildman–Crippen MR) is 109 cm³/mol. The third-order valence-electron chi connectivity index (χ3n) is 4.84. The molecule has 6 heteroatoms. The minimum Gasteiger partial charge on any atom is -0.374 e. The van der Waals surface area contributed by atoms with Gasteiger partial charge in [0.2, 0.25) is 11.8 Å². The smallest absolute Gasteiger partial charge is 0.251 e. The second kappa shape index (κ2) is 9.47. The number of nitrogens with one attached hydrogen (secondary N) is 1. The average Bonchev–Trinajstić information content (AvgIpc) is 3.03. The van der Waals surface area contributed by atoms with Gasteiger partial charge in [-0.25, -0.2) is 0 Å². The van der Waals surface area contributed by atoms with Gasteiger partial charge in [0.15, 0.2) is 0 Å². The van der Waals surface area contributed by atoms with E-state index in [2.05, 4.69) is 5.32 Å². The first-order valence-electron chi connectivity index (χ1n) is 9.82. The Balaban J connectivity index is 1.58. The molecule has 3 rings (SSSR count). The summed E-state index contributed by atoms with van der Waals surface area (Å²) in [6.07, 6.45) is 0.703. The maximum absolute atomic E-state index is 12.5. The SMILES string of the molecule is CC(C)OCc1ccccc1CNC(=O)c1ccc(CN2C(=O)CCC2=O)cc1. The topological polar surface area (TPSA) is 75.7 Å². The number of carbonyl (C=O) groups excluding carboxylic acids is 3. The molecule has 0 atom stereocenters. The molecule has 0 bridgehead atoms. The third-order valence-corrected chi connectivity index (χ3v) is 4.84. The summed E-state index contributed by atoms with van der Waals surface area (Å²) in [6.45, 7) is 5.15. The molecule has 1 N–H and O–H groups in total. The minimum atomic E-state index is -0.176. The van der Waals surface area contributed by atoms with Crippen molar-refractivity contribution in [1.29, 1.82) is 0 Å². The number of carbonyl (C=O) groups is 3. The summed E-state index contributed by atoms with van der Waals surface area (Å²) in [5.74, 6) is -0.460. The van der Waals surface area contributed by atoms with E-state index in [1.54, 1.807) is 24.3 Å². The van der Waals surface area contributed by atoms with E-state index in [9.17, 15) is 14.4 Å². The molecule has 0 unspecified atom stereocenters. The molecule has 2 aromatic carbocycles. The van der Waals surface area contributed by atoms with Crippen LogP contribution in [0.2, 0.25) is 0 Å². The summed E-state index contributed by atoms with van der Waals surface area (Å²) in [6, 6.07) is 14.9. The lowest BCUT2D eigenvalue weighted by atomic mass is 10.1. The molecule has 3 amide bonds. The highest BCUT2D eigenvalue weighted by Crippen LogP contribution is 2.16. The van der Waals surface area contributed by atoms with Crippen molar-refractivity contribution < 1.29 is 19.1 Å². The van der Waals surface area contributed by atoms with Gasteiger partial charge in [0, 0.05) is 24.9 Å². The first-order valence-corrected chi connectivity index (χ1v) is 9.82. The van der Waals surface area contributed by atoms with Crippen LogP contribution in [-0.2, 0) is 34.0 Å². The molecule has 0 aliphatic carbocycles. The molecule has 0 saturated carbocycles. The van der Waals surface area contributed by atoms with Crippen molar-refractivity contribution in [1.82, 2.24) is 10.2 Å². The highest BCUT2D eigenvalue weighted by molar-refractivity contribution is 6.01. The third kappa shape index (κ3) is 5.51. The van der Waals surface area contributed by atoms with Crippen LogP contribution in [0, 0.1) is 0 Å². The second-order valence-electron chi connectivity index (χ2n) is 7.38. The number of ether oxygens (including phenoxy) is 1. The summed E-state index contributed by atoms with van der Waals surface area (Å²) in [4.78, 5) is 37.2. The highest BCUT2D eigenvalue weighted by Gasteiger charge is 2.28. The van der Waals surface area contributed by atoms with Gasteiger partial charge < -0.3 is 10.1 Å². The van der Waals surface area contributed by atoms with Crippen LogP contribution in [0.15, 0.2) is 48.5 Å². The van der Waals surface area contributed by atoms with E-state index < -0.39 is 0 Å². The molecule has 2 aromatic rings. The van der Waals surface area contributed by atoms with Crippen LogP contribution >= 0.6 is 0 Å². The van der Waals surface area contributed by atoms with Crippen molar-refractivity contribution in [2.75, 3.05) is 0 Å². The Morgan fingerprint density at radius 2 is 1.62 bits per heavy atom. The van der Waals surface area contributed by atoms with Gasteiger partial charge in [0.1, 0.15) is 0 Å². The average molecular weight is 394 g/mol. The van der Waals surface area contributed by atoms with Gasteiger partial charge in [-0.1, -0.05) is 36.4 Å². The number of rotatable bonds is 8. The number of hydrogen-bond acceptors (Lipinski definition) is 4. The number of imide groups is 1. The summed E-state index contributed by atoms with van der Waals surface area (Å²) in [5, 5.41) is 2.94. The quantitative estimate of drug-likeness (QED) is 0.698. The lowest BCUT2D eigenvalue weighted by molar-refractivity contribution is -0.139. The summed E-state index contributed by atoms with van der Waals surface area (Å²) >= 11 is 0. The summed E-state index contributed by atoms with van der Waals surface area (Å²) < 4.78 is 5.68. The number of likely N-dealkylation sites (tertiary alicyclic amines) is 1. The second-order valence-corrected chi connectivity index (χ2v) is 7.38. The van der Waals surface area contributed by atoms with Crippen LogP contribution in [0.4, 0.5) is 0 Å². The normalized spacial score (nSPS) is 14.0. The molecule has 29 heavy (non-hydrogen) atoms. The Bertz CT molecular complexity index is 874. The lowest BCUT2D eigenvalue weighted by Gasteiger charge is -2.14. The standard InChI is InChI=1S/C23H26N2O4/c1-16(2)29-15-20-6-4-3-5-19(20)13-24-23(28)18-9-7-17(8-10-18)14-25-21(26)11-12-22(25)27/h3-10,16H,11-15H2,1-2H3,(H,24,28). The van der Waals surface area contributed by atoms with Crippen molar-refractivity contribution in [2.45, 2.75) is 52.5 Å². The van der Waals surface area contributed by atoms with E-state index in [0.29, 0.717) is 18.7 Å². The molecule has 152 valence electrons. The Kier molecular flexibility index (Phi) is 6.77. The van der Waals surface area contributed by atoms with Crippen LogP contribution in [-0.4, -0.2) is 28.7 Å². The van der Waals surface area contributed by atoms with Gasteiger partial charge >= 0.3 is 0 Å². The highest BCUT2D eigenvalue weighted by atomic mass is 16.5. The van der Waals surface area contributed by atoms with Crippen LogP contribution in [0.1, 0.15) is 53.7 Å². The zero-order valence-corrected chi connectivity index (χ0v) is 16.8. The summed E-state index contributed by atoms with van der Waals surface area (Å²) in [5.41, 5.74) is 3.42. The van der Waals surface area contributed by atoms with Crippen molar-refractivity contribution in [3.63, 3.8) is 0 Å². The number of benzene rings is 2. The fourth-order valence-electron chi connectivity index (χ4n) is 3.15. The van der Waals surface area contributed by atoms with Crippen molar-refractivity contribution in [2.24, 2.45) is 0 Å². The Morgan fingerprint density at radius 1 is 1.00 bits per heavy atom. The van der Waals surface area contributed by atoms with Gasteiger partial charge in [-0.05, 0) is 42.7 Å². The predicted octanol–water partition coefficient (Wildman–Crippen LogP) is 3.19. The van der Waals surface area contributed by atoms with Crippen molar-refractivity contribution in [3.8, 4) is 0 Å². The van der Waals surface area contributed by atoms with E-state index >= 15 is 0 Å². The maximum Gasteiger partial charge on any atom is 0.251 e. The van der Waals surface area contributed by atoms with E-state index in [4.69, 9.17) is 4.74 Å². The molecule has 0 spiro atoms. The molecular formula is C23H26N2O4. The zero-order chi connectivity index (χ0) is 20.8. The van der Waals surface area contributed by atoms with Crippen LogP contribution < -0.4 is 5.32 Å². The molecule has 1 aliphatic rings. The van der Waals surface area contributed by atoms with E-state index in [1.807, 2.05) is 38.1 Å². The molecule has 1 fully saturated rings. The molecular weight excluding hydrogens is 368 g/mol. The van der Waals surface area contributed by atoms with E-state index in [0.717, 1.165) is 16.7 Å². The number of nitrogens with zero attached hydrogens (tertiary/aromatic N) is 1. The maximum atomic E-state index is 12.5. The first kappa shape index (κ1) is 20.7. The molecule has 0 aromatic heterocycles. The number of hydrogen-bond donors (Lipinski definition) is 1. The van der Waals surface area contributed by atoms with Gasteiger partial charge in [-0.15, -0.1) is 0 Å². The van der Waals surface area contributed by atoms with Crippen molar-refractivity contribution >= 4 is 17.7 Å². The minimum absolute atomic E-state index is 0.141. The van der Waals surface area contributed by atoms with Crippen molar-refractivity contribution in [3.05, 3.63) is 70.8 Å². The Morgan fingerprint density at radius 3 is 2.24 bits per heavy atom. The van der Waals surface area contributed by atoms with Gasteiger partial charge in [0.05, 0.1) is 19.3 Å². The molecule has 1 heterocycles. The van der Waals surface area contributed by atoms with Crippen LogP contribution in [0.5, 0.6) is 0 Å². The van der Waals surface area contributed by atoms with Gasteiger partial charge in [0.25, 0.3) is 5.91 Å². The van der Waals surface area contributed by atoms with Crippen LogP contribution in [0.25, 0.3) is 0 Å². The van der Waals surface area contributed by atoms with Gasteiger partial charge in [-0.2, -0.15) is 0 Å². The Hall–Kier alpha value is -2.99. The lowest BCUT2D eigenvalue weighted by Crippen LogP contribution is -2.28. The van der Waals surface area contributed by atoms with E-state index in [1.165, 1.54) is 4.90 Å². The molecule has 1 saturated heterocycles. The molecule has 1 aliphatic heterocycles. The fourth-order valence-corrected chi connectivity index (χ4v) is 3.15.